The van der Waals surface area contributed by atoms with Gasteiger partial charge in [0.15, 0.2) is 5.96 Å². The van der Waals surface area contributed by atoms with Gasteiger partial charge < -0.3 is 15.4 Å². The fraction of sp³-hybridized carbons (Fsp3) is 0.533. The molecule has 0 fully saturated rings. The average Bonchev–Trinajstić information content (AvgIpc) is 2.42. The Morgan fingerprint density at radius 2 is 2.21 bits per heavy atom. The number of fused-ring (bicyclic) bond motifs is 1. The van der Waals surface area contributed by atoms with Crippen LogP contribution in [0.15, 0.2) is 29.3 Å². The molecule has 2 N–H and O–H groups in total. The lowest BCUT2D eigenvalue weighted by Gasteiger charge is -2.30. The van der Waals surface area contributed by atoms with Gasteiger partial charge in [-0.25, -0.2) is 0 Å². The Balaban J connectivity index is 1.70. The van der Waals surface area contributed by atoms with Gasteiger partial charge in [-0.15, -0.1) is 0 Å². The van der Waals surface area contributed by atoms with Crippen LogP contribution >= 0.6 is 0 Å². The monoisotopic (exact) mass is 261 g/mol. The van der Waals surface area contributed by atoms with E-state index in [1.807, 2.05) is 6.92 Å². The van der Waals surface area contributed by atoms with Crippen molar-refractivity contribution in [2.75, 3.05) is 33.4 Å². The lowest BCUT2D eigenvalue weighted by Crippen LogP contribution is -2.42. The van der Waals surface area contributed by atoms with Crippen molar-refractivity contribution in [1.29, 1.82) is 0 Å². The summed E-state index contributed by atoms with van der Waals surface area (Å²) in [5, 5.41) is 6.62. The predicted octanol–water partition coefficient (Wildman–Crippen LogP) is 1.53. The molecule has 19 heavy (non-hydrogen) atoms. The number of guanidine groups is 1. The molecule has 0 aliphatic heterocycles. The van der Waals surface area contributed by atoms with Gasteiger partial charge in [0.2, 0.25) is 0 Å². The minimum Gasteiger partial charge on any atom is -0.380 e. The summed E-state index contributed by atoms with van der Waals surface area (Å²) < 4.78 is 5.29. The molecule has 0 spiro atoms. The third-order valence-corrected chi connectivity index (χ3v) is 3.44. The maximum absolute atomic E-state index is 5.29. The summed E-state index contributed by atoms with van der Waals surface area (Å²) in [7, 11) is 1.80. The Bertz CT molecular complexity index is 431. The molecule has 1 aliphatic carbocycles. The van der Waals surface area contributed by atoms with Gasteiger partial charge in [-0.3, -0.25) is 4.99 Å². The van der Waals surface area contributed by atoms with Crippen LogP contribution in [0, 0.1) is 0 Å². The van der Waals surface area contributed by atoms with Crippen molar-refractivity contribution < 1.29 is 4.74 Å². The molecule has 0 amide bonds. The molecule has 0 heterocycles. The van der Waals surface area contributed by atoms with Gasteiger partial charge in [0.05, 0.1) is 6.61 Å². The Morgan fingerprint density at radius 1 is 1.37 bits per heavy atom. The minimum atomic E-state index is 0.613. The van der Waals surface area contributed by atoms with E-state index in [0.29, 0.717) is 12.5 Å². The van der Waals surface area contributed by atoms with Crippen molar-refractivity contribution in [3.63, 3.8) is 0 Å². The van der Waals surface area contributed by atoms with Crippen LogP contribution in [0.2, 0.25) is 0 Å². The number of aliphatic imine (C=N–C) groups is 1. The molecule has 104 valence electrons. The van der Waals surface area contributed by atoms with Crippen LogP contribution in [0.25, 0.3) is 0 Å². The van der Waals surface area contributed by atoms with Crippen molar-refractivity contribution in [2.24, 2.45) is 4.99 Å². The van der Waals surface area contributed by atoms with E-state index in [9.17, 15) is 0 Å². The molecule has 0 radical (unpaired) electrons. The topological polar surface area (TPSA) is 45.6 Å². The van der Waals surface area contributed by atoms with E-state index in [1.54, 1.807) is 7.05 Å². The Morgan fingerprint density at radius 3 is 2.95 bits per heavy atom. The summed E-state index contributed by atoms with van der Waals surface area (Å²) in [6.07, 6.45) is 1.17. The fourth-order valence-electron chi connectivity index (χ4n) is 2.37. The molecular weight excluding hydrogens is 238 g/mol. The summed E-state index contributed by atoms with van der Waals surface area (Å²) in [5.74, 6) is 1.46. The molecule has 1 aliphatic rings. The van der Waals surface area contributed by atoms with Gasteiger partial charge in [0, 0.05) is 32.7 Å². The number of nitrogens with one attached hydrogen (secondary N) is 2. The first kappa shape index (κ1) is 13.9. The highest BCUT2D eigenvalue weighted by atomic mass is 16.5. The normalized spacial score (nSPS) is 17.6. The largest absolute Gasteiger partial charge is 0.380 e. The Hall–Kier alpha value is -1.55. The molecule has 0 saturated carbocycles. The summed E-state index contributed by atoms with van der Waals surface area (Å²) >= 11 is 0. The van der Waals surface area contributed by atoms with Gasteiger partial charge >= 0.3 is 0 Å². The first-order chi connectivity index (χ1) is 9.35. The maximum Gasteiger partial charge on any atom is 0.191 e. The van der Waals surface area contributed by atoms with Gasteiger partial charge in [0.25, 0.3) is 0 Å². The van der Waals surface area contributed by atoms with Crippen molar-refractivity contribution in [2.45, 2.75) is 19.3 Å². The number of benzene rings is 1. The highest BCUT2D eigenvalue weighted by Gasteiger charge is 2.24. The molecule has 1 unspecified atom stereocenters. The second kappa shape index (κ2) is 7.14. The molecule has 1 aromatic carbocycles. The summed E-state index contributed by atoms with van der Waals surface area (Å²) in [6.45, 7) is 5.19. The highest BCUT2D eigenvalue weighted by molar-refractivity contribution is 5.79. The number of hydrogen-bond donors (Lipinski definition) is 2. The van der Waals surface area contributed by atoms with Crippen molar-refractivity contribution in [1.82, 2.24) is 10.6 Å². The molecule has 0 bridgehead atoms. The van der Waals surface area contributed by atoms with E-state index < -0.39 is 0 Å². The van der Waals surface area contributed by atoms with Crippen LogP contribution in [-0.4, -0.2) is 39.3 Å². The van der Waals surface area contributed by atoms with Crippen molar-refractivity contribution in [3.8, 4) is 0 Å². The molecule has 1 aromatic rings. The smallest absolute Gasteiger partial charge is 0.191 e. The van der Waals surface area contributed by atoms with Gasteiger partial charge in [-0.1, -0.05) is 24.3 Å². The number of hydrogen-bond acceptors (Lipinski definition) is 2. The predicted molar refractivity (Wildman–Crippen MR) is 78.7 cm³/mol. The van der Waals surface area contributed by atoms with Crippen molar-refractivity contribution >= 4 is 5.96 Å². The zero-order valence-electron chi connectivity index (χ0n) is 11.8. The van der Waals surface area contributed by atoms with Crippen LogP contribution < -0.4 is 10.6 Å². The fourth-order valence-corrected chi connectivity index (χ4v) is 2.37. The number of nitrogens with zero attached hydrogens (tertiary/aromatic N) is 1. The highest BCUT2D eigenvalue weighted by Crippen LogP contribution is 2.33. The van der Waals surface area contributed by atoms with Crippen LogP contribution in [0.5, 0.6) is 0 Å². The van der Waals surface area contributed by atoms with Crippen LogP contribution in [0.3, 0.4) is 0 Å². The number of ether oxygens (including phenoxy) is 1. The van der Waals surface area contributed by atoms with E-state index in [2.05, 4.69) is 39.9 Å². The van der Waals surface area contributed by atoms with E-state index in [4.69, 9.17) is 4.74 Å². The standard InChI is InChI=1S/C15H23N3O/c1-3-19-9-8-17-15(16-2)18-11-13-10-12-6-4-5-7-14(12)13/h4-7,13H,3,8-11H2,1-2H3,(H2,16,17,18). The Kier molecular flexibility index (Phi) is 5.21. The number of rotatable bonds is 6. The molecular formula is C15H23N3O. The average molecular weight is 261 g/mol. The molecule has 0 aromatic heterocycles. The molecule has 1 atom stereocenters. The summed E-state index contributed by atoms with van der Waals surface area (Å²) in [5.41, 5.74) is 2.95. The first-order valence-corrected chi connectivity index (χ1v) is 6.95. The van der Waals surface area contributed by atoms with Gasteiger partial charge in [0.1, 0.15) is 0 Å². The summed E-state index contributed by atoms with van der Waals surface area (Å²) in [4.78, 5) is 4.21. The van der Waals surface area contributed by atoms with E-state index in [1.165, 1.54) is 17.5 Å². The third-order valence-electron chi connectivity index (χ3n) is 3.44. The molecule has 0 saturated heterocycles. The summed E-state index contributed by atoms with van der Waals surface area (Å²) in [6, 6.07) is 8.65. The zero-order valence-corrected chi connectivity index (χ0v) is 11.8. The van der Waals surface area contributed by atoms with Crippen LogP contribution in [0.4, 0.5) is 0 Å². The first-order valence-electron chi connectivity index (χ1n) is 6.95. The van der Waals surface area contributed by atoms with Crippen molar-refractivity contribution in [3.05, 3.63) is 35.4 Å². The third kappa shape index (κ3) is 3.70. The maximum atomic E-state index is 5.29. The lowest BCUT2D eigenvalue weighted by molar-refractivity contribution is 0.152. The second-order valence-corrected chi connectivity index (χ2v) is 4.68. The van der Waals surface area contributed by atoms with Gasteiger partial charge in [-0.2, -0.15) is 0 Å². The molecule has 2 rings (SSSR count). The van der Waals surface area contributed by atoms with E-state index >= 15 is 0 Å². The van der Waals surface area contributed by atoms with Crippen LogP contribution in [-0.2, 0) is 11.2 Å². The second-order valence-electron chi connectivity index (χ2n) is 4.68. The Labute approximate surface area is 115 Å². The van der Waals surface area contributed by atoms with Gasteiger partial charge in [-0.05, 0) is 24.5 Å². The van der Waals surface area contributed by atoms with E-state index in [-0.39, 0.29) is 0 Å². The molecule has 4 nitrogen and oxygen atoms in total. The van der Waals surface area contributed by atoms with E-state index in [0.717, 1.165) is 25.7 Å². The quantitative estimate of drug-likeness (QED) is 0.464. The zero-order chi connectivity index (χ0) is 13.5. The minimum absolute atomic E-state index is 0.613. The van der Waals surface area contributed by atoms with Crippen LogP contribution in [0.1, 0.15) is 24.0 Å². The molecule has 4 heteroatoms. The SMILES string of the molecule is CCOCCNC(=NC)NCC1Cc2ccccc21. The lowest BCUT2D eigenvalue weighted by atomic mass is 9.78.